The summed E-state index contributed by atoms with van der Waals surface area (Å²) in [5.41, 5.74) is 3.20. The summed E-state index contributed by atoms with van der Waals surface area (Å²) in [5, 5.41) is 24.2. The van der Waals surface area contributed by atoms with E-state index >= 15 is 0 Å². The number of anilines is 2. The van der Waals surface area contributed by atoms with Crippen LogP contribution in [0.15, 0.2) is 12.4 Å². The first-order chi connectivity index (χ1) is 12.5. The van der Waals surface area contributed by atoms with Crippen molar-refractivity contribution in [2.45, 2.75) is 59.0 Å². The van der Waals surface area contributed by atoms with Crippen LogP contribution in [0.25, 0.3) is 0 Å². The van der Waals surface area contributed by atoms with E-state index in [1.807, 2.05) is 13.8 Å². The summed E-state index contributed by atoms with van der Waals surface area (Å²) in [4.78, 5) is 22.5. The number of urea groups is 2. The van der Waals surface area contributed by atoms with Gasteiger partial charge < -0.3 is 21.3 Å². The van der Waals surface area contributed by atoms with Gasteiger partial charge in [0.15, 0.2) is 0 Å². The van der Waals surface area contributed by atoms with Gasteiger partial charge in [-0.15, -0.1) is 0 Å². The molecule has 0 atom stereocenters. The Kier molecular flexibility index (Phi) is 6.80. The summed E-state index contributed by atoms with van der Waals surface area (Å²) in [6.45, 7) is 3.72. The second-order valence-electron chi connectivity index (χ2n) is 6.56. The van der Waals surface area contributed by atoms with E-state index in [1.54, 1.807) is 12.4 Å². The van der Waals surface area contributed by atoms with Gasteiger partial charge in [0.25, 0.3) is 0 Å². The number of aromatic nitrogens is 4. The highest BCUT2D eigenvalue weighted by atomic mass is 16.2. The normalized spacial score (nSPS) is 14.9. The molecule has 0 saturated heterocycles. The zero-order chi connectivity index (χ0) is 18.5. The third-order valence-electron chi connectivity index (χ3n) is 3.98. The molecule has 4 amide bonds. The molecule has 2 fully saturated rings. The van der Waals surface area contributed by atoms with Crippen LogP contribution in [-0.4, -0.2) is 44.5 Å². The quantitative estimate of drug-likeness (QED) is 0.488. The van der Waals surface area contributed by atoms with E-state index in [2.05, 4.69) is 41.7 Å². The van der Waals surface area contributed by atoms with E-state index in [0.29, 0.717) is 12.1 Å². The minimum absolute atomic E-state index is 0. The van der Waals surface area contributed by atoms with Gasteiger partial charge in [-0.3, -0.25) is 10.2 Å². The van der Waals surface area contributed by atoms with Crippen molar-refractivity contribution in [3.8, 4) is 0 Å². The molecule has 6 N–H and O–H groups in total. The second kappa shape index (κ2) is 9.06. The van der Waals surface area contributed by atoms with E-state index in [1.165, 1.54) is 0 Å². The van der Waals surface area contributed by atoms with Crippen molar-refractivity contribution in [2.24, 2.45) is 0 Å². The molecule has 0 radical (unpaired) electrons. The van der Waals surface area contributed by atoms with Crippen LogP contribution < -0.4 is 21.3 Å². The van der Waals surface area contributed by atoms with Gasteiger partial charge in [-0.05, 0) is 39.5 Å². The lowest BCUT2D eigenvalue weighted by atomic mass is 10.4. The summed E-state index contributed by atoms with van der Waals surface area (Å²) in [6, 6.07) is 0.471. The Hall–Kier alpha value is -3.04. The highest BCUT2D eigenvalue weighted by molar-refractivity contribution is 5.90. The van der Waals surface area contributed by atoms with Crippen LogP contribution in [0.3, 0.4) is 0 Å². The Balaban J connectivity index is 0.000000187. The maximum atomic E-state index is 11.2. The summed E-state index contributed by atoms with van der Waals surface area (Å²) >= 11 is 0. The molecule has 10 heteroatoms. The Morgan fingerprint density at radius 3 is 1.48 bits per heavy atom. The minimum Gasteiger partial charge on any atom is -0.335 e. The second-order valence-corrected chi connectivity index (χ2v) is 6.56. The number of carbonyl (C=O) groups excluding carboxylic acids is 2. The first-order valence-electron chi connectivity index (χ1n) is 8.66. The molecular formula is C17H28N8O2. The zero-order valence-corrected chi connectivity index (χ0v) is 14.8. The highest BCUT2D eigenvalue weighted by Gasteiger charge is 2.24. The van der Waals surface area contributed by atoms with Crippen LogP contribution in [0.1, 0.15) is 44.5 Å². The maximum Gasteiger partial charge on any atom is 0.319 e. The summed E-state index contributed by atoms with van der Waals surface area (Å²) in [6.07, 6.45) is 7.58. The molecule has 2 heterocycles. The van der Waals surface area contributed by atoms with Gasteiger partial charge in [0.05, 0.1) is 35.2 Å². The molecule has 0 aliphatic heterocycles. The number of carbonyl (C=O) groups is 2. The van der Waals surface area contributed by atoms with E-state index in [4.69, 9.17) is 0 Å². The molecule has 2 saturated carbocycles. The fourth-order valence-corrected chi connectivity index (χ4v) is 2.10. The molecule has 2 aromatic rings. The molecule has 0 unspecified atom stereocenters. The van der Waals surface area contributed by atoms with Crippen molar-refractivity contribution in [1.29, 1.82) is 0 Å². The average molecular weight is 376 g/mol. The zero-order valence-electron chi connectivity index (χ0n) is 14.8. The lowest BCUT2D eigenvalue weighted by Gasteiger charge is -2.04. The number of aromatic amines is 2. The molecule has 2 aliphatic rings. The van der Waals surface area contributed by atoms with Crippen LogP contribution in [0.5, 0.6) is 0 Å². The Bertz CT molecular complexity index is 696. The average Bonchev–Trinajstić information content (AvgIpc) is 3.50. The van der Waals surface area contributed by atoms with E-state index < -0.39 is 0 Å². The van der Waals surface area contributed by atoms with Crippen molar-refractivity contribution in [2.75, 3.05) is 10.6 Å². The van der Waals surface area contributed by atoms with Gasteiger partial charge in [0.2, 0.25) is 0 Å². The summed E-state index contributed by atoms with van der Waals surface area (Å²) < 4.78 is 0. The van der Waals surface area contributed by atoms with Crippen molar-refractivity contribution in [3.05, 3.63) is 23.8 Å². The lowest BCUT2D eigenvalue weighted by molar-refractivity contribution is 0.251. The van der Waals surface area contributed by atoms with Crippen molar-refractivity contribution >= 4 is 23.4 Å². The number of H-pyrrole nitrogens is 2. The lowest BCUT2D eigenvalue weighted by Crippen LogP contribution is -2.30. The predicted molar refractivity (Wildman–Crippen MR) is 104 cm³/mol. The van der Waals surface area contributed by atoms with Crippen LogP contribution in [0.4, 0.5) is 21.0 Å². The Morgan fingerprint density at radius 1 is 0.852 bits per heavy atom. The molecule has 2 aromatic heterocycles. The third kappa shape index (κ3) is 6.65. The smallest absolute Gasteiger partial charge is 0.319 e. The molecular weight excluding hydrogens is 348 g/mol. The number of hydrogen-bond donors (Lipinski definition) is 6. The molecule has 2 aliphatic carbocycles. The maximum absolute atomic E-state index is 11.2. The first kappa shape index (κ1) is 20.3. The van der Waals surface area contributed by atoms with Crippen molar-refractivity contribution in [1.82, 2.24) is 31.0 Å². The predicted octanol–water partition coefficient (Wildman–Crippen LogP) is 2.64. The van der Waals surface area contributed by atoms with E-state index in [-0.39, 0.29) is 19.5 Å². The molecule has 27 heavy (non-hydrogen) atoms. The first-order valence-corrected chi connectivity index (χ1v) is 8.66. The van der Waals surface area contributed by atoms with Crippen LogP contribution in [-0.2, 0) is 0 Å². The standard InChI is InChI=1S/2C8H12N4O.CH4/c2*1-5-7(4-9-12-5)11-8(13)10-6-2-3-6;/h2*4,6H,2-3H2,1H3,(H,9,12)(H2,10,11,13);1H4. The fourth-order valence-electron chi connectivity index (χ4n) is 2.10. The van der Waals surface area contributed by atoms with Crippen LogP contribution in [0, 0.1) is 13.8 Å². The topological polar surface area (TPSA) is 140 Å². The molecule has 0 bridgehead atoms. The van der Waals surface area contributed by atoms with Gasteiger partial charge in [-0.25, -0.2) is 9.59 Å². The van der Waals surface area contributed by atoms with E-state index in [9.17, 15) is 9.59 Å². The van der Waals surface area contributed by atoms with Crippen molar-refractivity contribution in [3.63, 3.8) is 0 Å². The molecule has 10 nitrogen and oxygen atoms in total. The van der Waals surface area contributed by atoms with Gasteiger partial charge >= 0.3 is 12.1 Å². The van der Waals surface area contributed by atoms with Crippen LogP contribution in [0.2, 0.25) is 0 Å². The summed E-state index contributed by atoms with van der Waals surface area (Å²) in [7, 11) is 0. The third-order valence-corrected chi connectivity index (χ3v) is 3.98. The molecule has 0 aromatic carbocycles. The number of aryl methyl sites for hydroxylation is 2. The van der Waals surface area contributed by atoms with Gasteiger partial charge in [0, 0.05) is 12.1 Å². The van der Waals surface area contributed by atoms with Crippen LogP contribution >= 0.6 is 0 Å². The fraction of sp³-hybridized carbons (Fsp3) is 0.529. The molecule has 0 spiro atoms. The van der Waals surface area contributed by atoms with Gasteiger partial charge in [0.1, 0.15) is 0 Å². The number of rotatable bonds is 4. The number of nitrogens with one attached hydrogen (secondary N) is 6. The highest BCUT2D eigenvalue weighted by Crippen LogP contribution is 2.19. The SMILES string of the molecule is C.Cc1[nH]ncc1NC(=O)NC1CC1.Cc1[nH]ncc1NC(=O)NC1CC1. The minimum atomic E-state index is -0.146. The monoisotopic (exact) mass is 376 g/mol. The number of amides is 4. The Labute approximate surface area is 158 Å². The molecule has 148 valence electrons. The number of nitrogens with zero attached hydrogens (tertiary/aromatic N) is 2. The van der Waals surface area contributed by atoms with Gasteiger partial charge in [-0.1, -0.05) is 7.43 Å². The molecule has 4 rings (SSSR count). The summed E-state index contributed by atoms with van der Waals surface area (Å²) in [5.74, 6) is 0. The number of hydrogen-bond acceptors (Lipinski definition) is 4. The Morgan fingerprint density at radius 2 is 1.22 bits per heavy atom. The largest absolute Gasteiger partial charge is 0.335 e. The van der Waals surface area contributed by atoms with Gasteiger partial charge in [-0.2, -0.15) is 10.2 Å². The van der Waals surface area contributed by atoms with E-state index in [0.717, 1.165) is 48.4 Å². The van der Waals surface area contributed by atoms with Crippen molar-refractivity contribution < 1.29 is 9.59 Å².